The number of nitriles is 1. The van der Waals surface area contributed by atoms with Crippen molar-refractivity contribution in [3.63, 3.8) is 0 Å². The van der Waals surface area contributed by atoms with Crippen LogP contribution in [0, 0.1) is 35.0 Å². The number of nitrogens with one attached hydrogen (secondary N) is 3. The maximum absolute atomic E-state index is 10.3. The monoisotopic (exact) mass is 579 g/mol. The van der Waals surface area contributed by atoms with Gasteiger partial charge in [-0.25, -0.2) is 9.97 Å². The zero-order valence-electron chi connectivity index (χ0n) is 25.2. The average molecular weight is 580 g/mol. The maximum atomic E-state index is 10.3. The Kier molecular flexibility index (Phi) is 12.1. The molecule has 4 N–H and O–H groups in total. The average Bonchev–Trinajstić information content (AvgIpc) is 2.97. The van der Waals surface area contributed by atoms with Crippen molar-refractivity contribution in [2.24, 2.45) is 23.7 Å². The van der Waals surface area contributed by atoms with Gasteiger partial charge >= 0.3 is 0 Å². The number of anilines is 2. The first-order valence-electron chi connectivity index (χ1n) is 15.6. The van der Waals surface area contributed by atoms with Crippen molar-refractivity contribution in [2.75, 3.05) is 36.0 Å². The van der Waals surface area contributed by atoms with E-state index >= 15 is 0 Å². The molecule has 1 unspecified atom stereocenters. The smallest absolute Gasteiger partial charge is 0.224 e. The lowest BCUT2D eigenvalue weighted by atomic mass is 9.73. The Hall–Kier alpha value is -2.41. The summed E-state index contributed by atoms with van der Waals surface area (Å²) in [7, 11) is 0. The van der Waals surface area contributed by atoms with Crippen LogP contribution >= 0.6 is 11.8 Å². The lowest BCUT2D eigenvalue weighted by Gasteiger charge is -2.36. The SMILES string of the molecule is CCCC1C[C@@H](CNCC2CCC(C)(O)CC2)C[C@H](CNc2nc(NCc3cccnc3SCC)ncc2C#N)C1. The molecule has 2 heterocycles. The summed E-state index contributed by atoms with van der Waals surface area (Å²) in [6.07, 6.45) is 13.7. The quantitative estimate of drug-likeness (QED) is 0.193. The summed E-state index contributed by atoms with van der Waals surface area (Å²) >= 11 is 1.72. The van der Waals surface area contributed by atoms with E-state index in [-0.39, 0.29) is 0 Å². The Labute approximate surface area is 250 Å². The van der Waals surface area contributed by atoms with Crippen LogP contribution in [0.4, 0.5) is 11.8 Å². The lowest BCUT2D eigenvalue weighted by molar-refractivity contribution is 0.00799. The molecule has 224 valence electrons. The van der Waals surface area contributed by atoms with Crippen LogP contribution in [0.15, 0.2) is 29.6 Å². The van der Waals surface area contributed by atoms with Crippen molar-refractivity contribution in [1.82, 2.24) is 20.3 Å². The number of hydrogen-bond acceptors (Lipinski definition) is 9. The van der Waals surface area contributed by atoms with E-state index in [0.29, 0.717) is 41.6 Å². The molecule has 0 spiro atoms. The zero-order chi connectivity index (χ0) is 29.1. The van der Waals surface area contributed by atoms with E-state index in [9.17, 15) is 10.4 Å². The number of pyridine rings is 1. The van der Waals surface area contributed by atoms with Gasteiger partial charge in [0.25, 0.3) is 0 Å². The second-order valence-electron chi connectivity index (χ2n) is 12.4. The second-order valence-corrected chi connectivity index (χ2v) is 13.6. The van der Waals surface area contributed by atoms with E-state index in [4.69, 9.17) is 4.98 Å². The summed E-state index contributed by atoms with van der Waals surface area (Å²) in [6, 6.07) is 6.28. The molecule has 2 aliphatic carbocycles. The highest BCUT2D eigenvalue weighted by Crippen LogP contribution is 2.36. The minimum Gasteiger partial charge on any atom is -0.390 e. The first kappa shape index (κ1) is 31.5. The number of rotatable bonds is 14. The van der Waals surface area contributed by atoms with E-state index in [1.54, 1.807) is 18.0 Å². The van der Waals surface area contributed by atoms with Crippen molar-refractivity contribution in [1.29, 1.82) is 5.26 Å². The molecule has 0 bridgehead atoms. The third kappa shape index (κ3) is 9.83. The molecule has 0 radical (unpaired) electrons. The summed E-state index contributed by atoms with van der Waals surface area (Å²) < 4.78 is 0. The Morgan fingerprint density at radius 1 is 1.02 bits per heavy atom. The molecule has 3 atom stereocenters. The fraction of sp³-hybridized carbons (Fsp3) is 0.688. The zero-order valence-corrected chi connectivity index (χ0v) is 26.0. The largest absolute Gasteiger partial charge is 0.390 e. The summed E-state index contributed by atoms with van der Waals surface area (Å²) in [5.41, 5.74) is 1.13. The first-order chi connectivity index (χ1) is 19.9. The molecule has 0 amide bonds. The third-order valence-electron chi connectivity index (χ3n) is 8.78. The molecule has 0 aromatic carbocycles. The number of aromatic nitrogens is 3. The van der Waals surface area contributed by atoms with E-state index < -0.39 is 5.60 Å². The van der Waals surface area contributed by atoms with Gasteiger partial charge in [-0.3, -0.25) is 0 Å². The highest BCUT2D eigenvalue weighted by atomic mass is 32.2. The Morgan fingerprint density at radius 2 is 1.76 bits per heavy atom. The minimum absolute atomic E-state index is 0.462. The van der Waals surface area contributed by atoms with Gasteiger partial charge in [0.1, 0.15) is 22.5 Å². The summed E-state index contributed by atoms with van der Waals surface area (Å²) in [5, 5.41) is 31.6. The highest BCUT2D eigenvalue weighted by molar-refractivity contribution is 7.99. The van der Waals surface area contributed by atoms with Gasteiger partial charge < -0.3 is 21.1 Å². The Balaban J connectivity index is 1.31. The summed E-state index contributed by atoms with van der Waals surface area (Å²) in [4.78, 5) is 13.6. The van der Waals surface area contributed by atoms with Gasteiger partial charge in [-0.2, -0.15) is 10.2 Å². The van der Waals surface area contributed by atoms with Crippen LogP contribution in [0.3, 0.4) is 0 Å². The van der Waals surface area contributed by atoms with Crippen LogP contribution in [0.1, 0.15) is 89.7 Å². The number of thioether (sulfide) groups is 1. The van der Waals surface area contributed by atoms with Gasteiger partial charge in [-0.1, -0.05) is 32.8 Å². The summed E-state index contributed by atoms with van der Waals surface area (Å²) in [5.74, 6) is 4.76. The summed E-state index contributed by atoms with van der Waals surface area (Å²) in [6.45, 7) is 9.92. The molecule has 41 heavy (non-hydrogen) atoms. The predicted molar refractivity (Wildman–Crippen MR) is 168 cm³/mol. The Bertz CT molecular complexity index is 1130. The Morgan fingerprint density at radius 3 is 2.49 bits per heavy atom. The topological polar surface area (TPSA) is 119 Å². The van der Waals surface area contributed by atoms with E-state index in [1.165, 1.54) is 32.1 Å². The molecule has 2 aromatic heterocycles. The fourth-order valence-corrected chi connectivity index (χ4v) is 7.33. The number of nitrogens with zero attached hydrogens (tertiary/aromatic N) is 4. The number of aliphatic hydroxyl groups is 1. The van der Waals surface area contributed by atoms with Crippen LogP contribution in [-0.4, -0.2) is 51.0 Å². The van der Waals surface area contributed by atoms with Gasteiger partial charge in [0.05, 0.1) is 11.8 Å². The molecule has 4 rings (SSSR count). The van der Waals surface area contributed by atoms with Gasteiger partial charge in [0.15, 0.2) is 0 Å². The third-order valence-corrected chi connectivity index (χ3v) is 9.71. The van der Waals surface area contributed by atoms with Gasteiger partial charge in [-0.15, -0.1) is 11.8 Å². The van der Waals surface area contributed by atoms with Crippen molar-refractivity contribution >= 4 is 23.5 Å². The second kappa shape index (κ2) is 15.7. The molecular formula is C32H49N7OS. The molecular weight excluding hydrogens is 530 g/mol. The van der Waals surface area contributed by atoms with Crippen LogP contribution < -0.4 is 16.0 Å². The standard InChI is InChI=1S/C32H49N7OS/c1-4-7-24-14-25(19-34-18-23-9-11-32(3,40)12-10-23)16-26(15-24)20-36-29-28(17-33)22-38-31(39-29)37-21-27-8-6-13-35-30(27)41-5-2/h6,8,13,22-26,34,40H,4-5,7,9-12,14-16,18-21H2,1-3H3,(H2,36,37,38,39)/t23?,24?,25-,26-,32?/m1/s1. The van der Waals surface area contributed by atoms with Crippen LogP contribution in [0.5, 0.6) is 0 Å². The molecule has 8 nitrogen and oxygen atoms in total. The van der Waals surface area contributed by atoms with Crippen LogP contribution in [-0.2, 0) is 6.54 Å². The minimum atomic E-state index is -0.462. The molecule has 2 aliphatic rings. The van der Waals surface area contributed by atoms with E-state index in [2.05, 4.69) is 51.9 Å². The van der Waals surface area contributed by atoms with Crippen LogP contribution in [0.2, 0.25) is 0 Å². The molecule has 9 heteroatoms. The van der Waals surface area contributed by atoms with E-state index in [0.717, 1.165) is 67.6 Å². The van der Waals surface area contributed by atoms with Crippen molar-refractivity contribution in [3.05, 3.63) is 35.7 Å². The normalized spacial score (nSPS) is 26.3. The van der Waals surface area contributed by atoms with Crippen molar-refractivity contribution in [2.45, 2.75) is 95.7 Å². The van der Waals surface area contributed by atoms with E-state index in [1.807, 2.05) is 19.2 Å². The molecule has 2 fully saturated rings. The van der Waals surface area contributed by atoms with Gasteiger partial charge in [-0.05, 0) is 100 Å². The van der Waals surface area contributed by atoms with Gasteiger partial charge in [0, 0.05) is 24.8 Å². The van der Waals surface area contributed by atoms with Gasteiger partial charge in [0.2, 0.25) is 5.95 Å². The molecule has 0 aliphatic heterocycles. The molecule has 0 saturated heterocycles. The van der Waals surface area contributed by atoms with Crippen molar-refractivity contribution in [3.8, 4) is 6.07 Å². The fourth-order valence-electron chi connectivity index (χ4n) is 6.60. The maximum Gasteiger partial charge on any atom is 0.224 e. The molecule has 2 saturated carbocycles. The number of hydrogen-bond donors (Lipinski definition) is 4. The first-order valence-corrected chi connectivity index (χ1v) is 16.6. The van der Waals surface area contributed by atoms with Crippen molar-refractivity contribution < 1.29 is 5.11 Å². The predicted octanol–water partition coefficient (Wildman–Crippen LogP) is 6.24. The molecule has 2 aromatic rings. The van der Waals surface area contributed by atoms with Crippen LogP contribution in [0.25, 0.3) is 0 Å². The lowest BCUT2D eigenvalue weighted by Crippen LogP contribution is -2.37. The highest BCUT2D eigenvalue weighted by Gasteiger charge is 2.30.